The predicted molar refractivity (Wildman–Crippen MR) is 128 cm³/mol. The first kappa shape index (κ1) is 24.6. The van der Waals surface area contributed by atoms with Gasteiger partial charge in [0.25, 0.3) is 11.6 Å². The Hall–Kier alpha value is -3.03. The lowest BCUT2D eigenvalue weighted by molar-refractivity contribution is -0.384. The van der Waals surface area contributed by atoms with Gasteiger partial charge in [-0.3, -0.25) is 19.2 Å². The number of carbonyl (C=O) groups excluding carboxylic acids is 1. The zero-order valence-electron chi connectivity index (χ0n) is 17.7. The Labute approximate surface area is 199 Å². The number of hydrazone groups is 1. The van der Waals surface area contributed by atoms with Crippen LogP contribution in [0.1, 0.15) is 5.56 Å². The molecule has 1 fully saturated rings. The fourth-order valence-electron chi connectivity index (χ4n) is 3.23. The Morgan fingerprint density at radius 2 is 2.00 bits per heavy atom. The minimum Gasteiger partial charge on any atom is -0.378 e. The minimum absolute atomic E-state index is 0.114. The summed E-state index contributed by atoms with van der Waals surface area (Å²) < 4.78 is 31.3. The maximum Gasteiger partial charge on any atom is 0.270 e. The van der Waals surface area contributed by atoms with E-state index in [0.717, 1.165) is 10.6 Å². The Bertz CT molecular complexity index is 1170. The van der Waals surface area contributed by atoms with Crippen molar-refractivity contribution in [1.82, 2.24) is 5.43 Å². The number of morpholine rings is 1. The largest absolute Gasteiger partial charge is 0.378 e. The molecule has 0 atom stereocenters. The number of amides is 1. The number of carbonyl (C=O) groups is 1. The molecule has 3 rings (SSSR count). The van der Waals surface area contributed by atoms with Gasteiger partial charge in [0, 0.05) is 40.9 Å². The van der Waals surface area contributed by atoms with Crippen molar-refractivity contribution in [3.05, 3.63) is 62.6 Å². The van der Waals surface area contributed by atoms with Gasteiger partial charge in [-0.2, -0.15) is 5.10 Å². The molecule has 0 saturated carbocycles. The number of nitrogens with zero attached hydrogens (tertiary/aromatic N) is 4. The van der Waals surface area contributed by atoms with E-state index in [1.165, 1.54) is 18.3 Å². The highest BCUT2D eigenvalue weighted by Gasteiger charge is 2.22. The molecule has 1 aliphatic rings. The van der Waals surface area contributed by atoms with Gasteiger partial charge in [0.1, 0.15) is 6.54 Å². The van der Waals surface area contributed by atoms with Gasteiger partial charge < -0.3 is 9.64 Å². The lowest BCUT2D eigenvalue weighted by atomic mass is 10.1. The van der Waals surface area contributed by atoms with E-state index in [9.17, 15) is 23.3 Å². The third-order valence-electron chi connectivity index (χ3n) is 4.78. The van der Waals surface area contributed by atoms with Crippen LogP contribution in [0.2, 0.25) is 0 Å². The number of ether oxygens (including phenoxy) is 1. The van der Waals surface area contributed by atoms with Crippen molar-refractivity contribution in [2.45, 2.75) is 0 Å². The highest BCUT2D eigenvalue weighted by Crippen LogP contribution is 2.27. The summed E-state index contributed by atoms with van der Waals surface area (Å²) in [4.78, 5) is 25.1. The lowest BCUT2D eigenvalue weighted by Crippen LogP contribution is -2.39. The van der Waals surface area contributed by atoms with E-state index in [4.69, 9.17) is 4.74 Å². The third-order valence-corrected chi connectivity index (χ3v) is 6.57. The van der Waals surface area contributed by atoms with Crippen LogP contribution in [0.5, 0.6) is 0 Å². The van der Waals surface area contributed by atoms with Crippen molar-refractivity contribution < 1.29 is 22.9 Å². The molecular weight excluding hydrogens is 518 g/mol. The van der Waals surface area contributed by atoms with Gasteiger partial charge in [-0.05, 0) is 34.1 Å². The fraction of sp³-hybridized carbons (Fsp3) is 0.300. The molecule has 1 heterocycles. The van der Waals surface area contributed by atoms with Gasteiger partial charge in [0.15, 0.2) is 0 Å². The van der Waals surface area contributed by atoms with E-state index >= 15 is 0 Å². The van der Waals surface area contributed by atoms with Crippen LogP contribution >= 0.6 is 15.9 Å². The van der Waals surface area contributed by atoms with Crippen LogP contribution in [0.4, 0.5) is 17.1 Å². The van der Waals surface area contributed by atoms with Crippen molar-refractivity contribution in [2.24, 2.45) is 5.10 Å². The summed E-state index contributed by atoms with van der Waals surface area (Å²) in [6, 6.07) is 11.0. The van der Waals surface area contributed by atoms with Gasteiger partial charge in [0.2, 0.25) is 10.0 Å². The van der Waals surface area contributed by atoms with Crippen molar-refractivity contribution in [3.63, 3.8) is 0 Å². The number of nitrogens with one attached hydrogen (secondary N) is 1. The van der Waals surface area contributed by atoms with Gasteiger partial charge in [-0.1, -0.05) is 12.1 Å². The van der Waals surface area contributed by atoms with Crippen molar-refractivity contribution >= 4 is 55.1 Å². The van der Waals surface area contributed by atoms with Crippen LogP contribution in [-0.2, 0) is 19.6 Å². The molecule has 0 aromatic heterocycles. The van der Waals surface area contributed by atoms with Crippen molar-refractivity contribution in [3.8, 4) is 0 Å². The zero-order valence-corrected chi connectivity index (χ0v) is 20.1. The number of para-hydroxylation sites is 1. The van der Waals surface area contributed by atoms with Crippen molar-refractivity contribution in [2.75, 3.05) is 48.3 Å². The second-order valence-corrected chi connectivity index (χ2v) is 9.88. The molecule has 0 spiro atoms. The van der Waals surface area contributed by atoms with Crippen LogP contribution in [0, 0.1) is 10.1 Å². The number of hydrogen-bond donors (Lipinski definition) is 1. The number of benzene rings is 2. The van der Waals surface area contributed by atoms with E-state index in [2.05, 4.69) is 26.5 Å². The Morgan fingerprint density at radius 1 is 1.30 bits per heavy atom. The summed E-state index contributed by atoms with van der Waals surface area (Å²) in [7, 11) is -3.75. The molecule has 13 heteroatoms. The van der Waals surface area contributed by atoms with Crippen molar-refractivity contribution in [1.29, 1.82) is 0 Å². The number of nitro groups is 1. The van der Waals surface area contributed by atoms with Crippen LogP contribution < -0.4 is 14.6 Å². The molecule has 0 radical (unpaired) electrons. The summed E-state index contributed by atoms with van der Waals surface area (Å²) >= 11 is 3.29. The highest BCUT2D eigenvalue weighted by molar-refractivity contribution is 9.10. The first-order valence-corrected chi connectivity index (χ1v) is 12.5. The van der Waals surface area contributed by atoms with Gasteiger partial charge >= 0.3 is 0 Å². The Kier molecular flexibility index (Phi) is 8.00. The van der Waals surface area contributed by atoms with E-state index in [0.29, 0.717) is 47.7 Å². The smallest absolute Gasteiger partial charge is 0.270 e. The normalized spacial score (nSPS) is 14.3. The van der Waals surface area contributed by atoms with E-state index in [-0.39, 0.29) is 5.69 Å². The Balaban J connectivity index is 1.78. The quantitative estimate of drug-likeness (QED) is 0.308. The summed E-state index contributed by atoms with van der Waals surface area (Å²) in [5.41, 5.74) is 3.65. The van der Waals surface area contributed by atoms with Crippen LogP contribution in [0.25, 0.3) is 0 Å². The second kappa shape index (κ2) is 10.7. The lowest BCUT2D eigenvalue weighted by Gasteiger charge is -2.29. The van der Waals surface area contributed by atoms with Gasteiger partial charge in [0.05, 0.1) is 36.3 Å². The van der Waals surface area contributed by atoms with Gasteiger partial charge in [-0.25, -0.2) is 13.8 Å². The number of non-ortho nitro benzene ring substituents is 1. The minimum atomic E-state index is -3.75. The van der Waals surface area contributed by atoms with Gasteiger partial charge in [-0.15, -0.1) is 0 Å². The van der Waals surface area contributed by atoms with E-state index < -0.39 is 27.4 Å². The summed E-state index contributed by atoms with van der Waals surface area (Å²) in [5.74, 6) is -0.675. The number of halogens is 1. The summed E-state index contributed by atoms with van der Waals surface area (Å²) in [6.07, 6.45) is 2.31. The average molecular weight is 540 g/mol. The molecule has 33 heavy (non-hydrogen) atoms. The molecule has 0 aliphatic carbocycles. The molecule has 2 aromatic rings. The molecule has 1 aliphatic heterocycles. The molecule has 1 N–H and O–H groups in total. The predicted octanol–water partition coefficient (Wildman–Crippen LogP) is 2.11. The third kappa shape index (κ3) is 6.49. The first-order chi connectivity index (χ1) is 15.7. The van der Waals surface area contributed by atoms with Crippen LogP contribution in [0.15, 0.2) is 52.0 Å². The van der Waals surface area contributed by atoms with Crippen LogP contribution in [0.3, 0.4) is 0 Å². The number of anilines is 2. The van der Waals surface area contributed by atoms with E-state index in [1.807, 2.05) is 4.90 Å². The van der Waals surface area contributed by atoms with E-state index in [1.54, 1.807) is 30.3 Å². The standard InChI is InChI=1S/C20H22BrN5O6S/c1-33(30,31)25(19-5-3-2-4-17(19)21)14-20(27)23-22-13-15-12-16(26(28)29)6-7-18(15)24-8-10-32-11-9-24/h2-7,12-13H,8-11,14H2,1H3,(H,23,27)/b22-13-. The second-order valence-electron chi connectivity index (χ2n) is 7.11. The molecule has 2 aromatic carbocycles. The molecule has 176 valence electrons. The average Bonchev–Trinajstić information content (AvgIpc) is 2.78. The molecule has 0 unspecified atom stereocenters. The summed E-state index contributed by atoms with van der Waals surface area (Å²) in [6.45, 7) is 1.78. The molecule has 11 nitrogen and oxygen atoms in total. The Morgan fingerprint density at radius 3 is 2.64 bits per heavy atom. The molecule has 1 saturated heterocycles. The zero-order chi connectivity index (χ0) is 24.0. The number of nitro benzene ring substituents is 1. The highest BCUT2D eigenvalue weighted by atomic mass is 79.9. The SMILES string of the molecule is CS(=O)(=O)N(CC(=O)N/N=C\c1cc([N+](=O)[O-])ccc1N1CCOCC1)c1ccccc1Br. The molecule has 0 bridgehead atoms. The maximum atomic E-state index is 12.5. The number of rotatable bonds is 8. The van der Waals surface area contributed by atoms with Crippen LogP contribution in [-0.4, -0.2) is 64.6 Å². The number of hydrogen-bond acceptors (Lipinski definition) is 8. The monoisotopic (exact) mass is 539 g/mol. The fourth-order valence-corrected chi connectivity index (χ4v) is 4.71. The molecular formula is C20H22BrN5O6S. The first-order valence-electron chi connectivity index (χ1n) is 9.82. The summed E-state index contributed by atoms with van der Waals surface area (Å²) in [5, 5.41) is 15.1. The maximum absolute atomic E-state index is 12.5. The molecule has 1 amide bonds. The topological polar surface area (TPSA) is 134 Å². The number of sulfonamides is 1.